The zero-order valence-electron chi connectivity index (χ0n) is 5.76. The molecule has 0 unspecified atom stereocenters. The van der Waals surface area contributed by atoms with E-state index >= 15 is 0 Å². The number of hydrogen-bond acceptors (Lipinski definition) is 2. The van der Waals surface area contributed by atoms with Crippen LogP contribution in [0, 0.1) is 0 Å². The zero-order chi connectivity index (χ0) is 7.28. The summed E-state index contributed by atoms with van der Waals surface area (Å²) in [4.78, 5) is 20.0. The predicted octanol–water partition coefficient (Wildman–Crippen LogP) is -1.01. The molecule has 0 spiro atoms. The summed E-state index contributed by atoms with van der Waals surface area (Å²) in [5.41, 5.74) is 0. The van der Waals surface area contributed by atoms with Crippen LogP contribution in [0.3, 0.4) is 0 Å². The molecule has 0 aliphatic rings. The van der Waals surface area contributed by atoms with Gasteiger partial charge in [0.25, 0.3) is 0 Å². The third kappa shape index (κ3) is 8.32. The Morgan fingerprint density at radius 2 is 2.10 bits per heavy atom. The molecule has 1 amide bonds. The van der Waals surface area contributed by atoms with E-state index in [-0.39, 0.29) is 57.9 Å². The predicted molar refractivity (Wildman–Crippen MR) is 36.6 cm³/mol. The average Bonchev–Trinajstić information content (AvgIpc) is 1.83. The van der Waals surface area contributed by atoms with Gasteiger partial charge >= 0.3 is 5.97 Å². The molecule has 0 aromatic carbocycles. The number of carboxylic acids is 1. The number of hydrogen-bond donors (Lipinski definition) is 2. The van der Waals surface area contributed by atoms with Gasteiger partial charge in [0.15, 0.2) is 0 Å². The molecule has 10 heavy (non-hydrogen) atoms. The standard InChI is InChI=1S/C5H7NO3.K/c1-2-4(7)6-3-5(8)9;/h2H,1,3H2,(H,6,7)(H,8,9);. The van der Waals surface area contributed by atoms with Crippen molar-refractivity contribution in [3.8, 4) is 0 Å². The Morgan fingerprint density at radius 1 is 1.60 bits per heavy atom. The molecule has 0 aliphatic heterocycles. The Labute approximate surface area is 101 Å². The molecule has 0 saturated heterocycles. The molecular formula is C5H7KNO3. The first-order chi connectivity index (χ1) is 4.16. The molecule has 1 radical (unpaired) electrons. The van der Waals surface area contributed by atoms with Gasteiger partial charge in [-0.3, -0.25) is 9.59 Å². The van der Waals surface area contributed by atoms with Crippen molar-refractivity contribution in [2.45, 2.75) is 0 Å². The second kappa shape index (κ2) is 7.42. The van der Waals surface area contributed by atoms with Crippen molar-refractivity contribution in [3.05, 3.63) is 12.7 Å². The van der Waals surface area contributed by atoms with E-state index in [9.17, 15) is 9.59 Å². The maximum Gasteiger partial charge on any atom is 0.322 e. The van der Waals surface area contributed by atoms with Gasteiger partial charge in [0.2, 0.25) is 5.91 Å². The normalized spacial score (nSPS) is 7.20. The summed E-state index contributed by atoms with van der Waals surface area (Å²) < 4.78 is 0. The van der Waals surface area contributed by atoms with Crippen molar-refractivity contribution in [2.24, 2.45) is 0 Å². The van der Waals surface area contributed by atoms with Crippen molar-refractivity contribution in [1.82, 2.24) is 5.32 Å². The van der Waals surface area contributed by atoms with Crippen LogP contribution < -0.4 is 5.32 Å². The Kier molecular flexibility index (Phi) is 9.61. The van der Waals surface area contributed by atoms with E-state index in [4.69, 9.17) is 5.11 Å². The maximum atomic E-state index is 10.2. The van der Waals surface area contributed by atoms with Crippen LogP contribution in [0.1, 0.15) is 0 Å². The number of amides is 1. The zero-order valence-corrected chi connectivity index (χ0v) is 8.88. The average molecular weight is 168 g/mol. The van der Waals surface area contributed by atoms with Crippen molar-refractivity contribution in [3.63, 3.8) is 0 Å². The van der Waals surface area contributed by atoms with Crippen LogP contribution in [-0.4, -0.2) is 74.9 Å². The van der Waals surface area contributed by atoms with Gasteiger partial charge in [-0.1, -0.05) is 6.58 Å². The molecule has 2 N–H and O–H groups in total. The van der Waals surface area contributed by atoms with Crippen LogP contribution in [0.2, 0.25) is 0 Å². The van der Waals surface area contributed by atoms with Gasteiger partial charge in [-0.15, -0.1) is 0 Å². The van der Waals surface area contributed by atoms with Crippen LogP contribution in [0.4, 0.5) is 0 Å². The van der Waals surface area contributed by atoms with Gasteiger partial charge in [-0.25, -0.2) is 0 Å². The number of rotatable bonds is 3. The molecule has 0 aliphatic carbocycles. The third-order valence-corrected chi connectivity index (χ3v) is 0.599. The topological polar surface area (TPSA) is 66.4 Å². The van der Waals surface area contributed by atoms with E-state index < -0.39 is 11.9 Å². The van der Waals surface area contributed by atoms with E-state index in [0.29, 0.717) is 0 Å². The fourth-order valence-electron chi connectivity index (χ4n) is 0.235. The van der Waals surface area contributed by atoms with Gasteiger partial charge in [0.1, 0.15) is 6.54 Å². The molecule has 0 rings (SSSR count). The minimum Gasteiger partial charge on any atom is -0.480 e. The van der Waals surface area contributed by atoms with E-state index in [2.05, 4.69) is 11.9 Å². The Morgan fingerprint density at radius 3 is 2.40 bits per heavy atom. The summed E-state index contributed by atoms with van der Waals surface area (Å²) in [6.07, 6.45) is 1.02. The number of nitrogens with one attached hydrogen (secondary N) is 1. The van der Waals surface area contributed by atoms with Crippen LogP contribution in [0.15, 0.2) is 12.7 Å². The molecule has 0 heterocycles. The van der Waals surface area contributed by atoms with E-state index in [1.165, 1.54) is 0 Å². The summed E-state index contributed by atoms with van der Waals surface area (Å²) in [7, 11) is 0. The summed E-state index contributed by atoms with van der Waals surface area (Å²) >= 11 is 0. The molecule has 0 fully saturated rings. The fraction of sp³-hybridized carbons (Fsp3) is 0.200. The molecule has 0 saturated carbocycles. The second-order valence-electron chi connectivity index (χ2n) is 1.32. The smallest absolute Gasteiger partial charge is 0.322 e. The summed E-state index contributed by atoms with van der Waals surface area (Å²) in [6, 6.07) is 0. The molecular weight excluding hydrogens is 161 g/mol. The summed E-state index contributed by atoms with van der Waals surface area (Å²) in [5.74, 6) is -1.54. The van der Waals surface area contributed by atoms with Crippen LogP contribution in [-0.2, 0) is 9.59 Å². The molecule has 0 bridgehead atoms. The van der Waals surface area contributed by atoms with Crippen molar-refractivity contribution >= 4 is 63.3 Å². The van der Waals surface area contributed by atoms with Gasteiger partial charge in [-0.05, 0) is 6.08 Å². The molecule has 5 heteroatoms. The summed E-state index contributed by atoms with van der Waals surface area (Å²) in [6.45, 7) is 2.78. The molecule has 51 valence electrons. The first kappa shape index (κ1) is 12.9. The Balaban J connectivity index is 0. The molecule has 0 aromatic heterocycles. The number of carbonyl (C=O) groups excluding carboxylic acids is 1. The quantitative estimate of drug-likeness (QED) is 0.419. The summed E-state index contributed by atoms with van der Waals surface area (Å²) in [5, 5.41) is 10.1. The minimum atomic E-state index is -1.06. The van der Waals surface area contributed by atoms with Gasteiger partial charge < -0.3 is 10.4 Å². The fourth-order valence-corrected chi connectivity index (χ4v) is 0.235. The van der Waals surface area contributed by atoms with Crippen molar-refractivity contribution in [2.75, 3.05) is 6.54 Å². The first-order valence-corrected chi connectivity index (χ1v) is 2.29. The van der Waals surface area contributed by atoms with E-state index in [1.807, 2.05) is 0 Å². The van der Waals surface area contributed by atoms with Crippen LogP contribution in [0.5, 0.6) is 0 Å². The first-order valence-electron chi connectivity index (χ1n) is 2.29. The minimum absolute atomic E-state index is 0. The monoisotopic (exact) mass is 168 g/mol. The Hall–Kier alpha value is 0.316. The maximum absolute atomic E-state index is 10.2. The van der Waals surface area contributed by atoms with Gasteiger partial charge in [0.05, 0.1) is 0 Å². The molecule has 0 atom stereocenters. The number of carboxylic acid groups (broad SMARTS) is 1. The van der Waals surface area contributed by atoms with E-state index in [0.717, 1.165) is 6.08 Å². The van der Waals surface area contributed by atoms with Gasteiger partial charge in [0, 0.05) is 51.4 Å². The second-order valence-corrected chi connectivity index (χ2v) is 1.32. The van der Waals surface area contributed by atoms with E-state index in [1.54, 1.807) is 0 Å². The largest absolute Gasteiger partial charge is 0.480 e. The van der Waals surface area contributed by atoms with Crippen LogP contribution >= 0.6 is 0 Å². The SMILES string of the molecule is C=CC(=O)NCC(=O)O.[K]. The van der Waals surface area contributed by atoms with Crippen LogP contribution in [0.25, 0.3) is 0 Å². The molecule has 0 aromatic rings. The molecule has 4 nitrogen and oxygen atoms in total. The Bertz CT molecular complexity index is 146. The van der Waals surface area contributed by atoms with Crippen molar-refractivity contribution < 1.29 is 14.7 Å². The van der Waals surface area contributed by atoms with Gasteiger partial charge in [-0.2, -0.15) is 0 Å². The third-order valence-electron chi connectivity index (χ3n) is 0.599. The number of aliphatic carboxylic acids is 1. The number of carbonyl (C=O) groups is 2. The van der Waals surface area contributed by atoms with Crippen molar-refractivity contribution in [1.29, 1.82) is 0 Å².